The van der Waals surface area contributed by atoms with E-state index in [2.05, 4.69) is 26.2 Å². The number of hydrogen-bond donors (Lipinski definition) is 2. The molecule has 0 radical (unpaired) electrons. The van der Waals surface area contributed by atoms with Crippen LogP contribution in [0.3, 0.4) is 0 Å². The van der Waals surface area contributed by atoms with Crippen molar-refractivity contribution in [3.05, 3.63) is 22.3 Å². The zero-order valence-corrected chi connectivity index (χ0v) is 12.3. The highest BCUT2D eigenvalue weighted by molar-refractivity contribution is 9.10. The summed E-state index contributed by atoms with van der Waals surface area (Å²) >= 11 is 3.19. The molecule has 0 saturated carbocycles. The molecule has 0 bridgehead atoms. The number of nitrogens with zero attached hydrogens (tertiary/aromatic N) is 1. The molecule has 8 heteroatoms. The lowest BCUT2D eigenvalue weighted by Crippen LogP contribution is -2.44. The summed E-state index contributed by atoms with van der Waals surface area (Å²) in [5, 5.41) is 2.92. The van der Waals surface area contributed by atoms with Gasteiger partial charge in [0.15, 0.2) is 0 Å². The van der Waals surface area contributed by atoms with Crippen LogP contribution in [-0.2, 0) is 0 Å². The van der Waals surface area contributed by atoms with Crippen LogP contribution in [-0.4, -0.2) is 36.3 Å². The van der Waals surface area contributed by atoms with Crippen molar-refractivity contribution in [3.8, 4) is 5.88 Å². The molecule has 1 fully saturated rings. The van der Waals surface area contributed by atoms with Crippen LogP contribution in [0.2, 0.25) is 0 Å². The lowest BCUT2D eigenvalue weighted by molar-refractivity contribution is 0.0676. The minimum atomic E-state index is -1.12. The van der Waals surface area contributed by atoms with E-state index in [9.17, 15) is 9.18 Å². The van der Waals surface area contributed by atoms with Gasteiger partial charge in [0.05, 0.1) is 0 Å². The SMILES string of the molecule is Cl.NC(=O)c1cc(Br)cnc1O[C@@H]1CCNC[C@H]1F. The monoisotopic (exact) mass is 353 g/mol. The number of hydrogen-bond acceptors (Lipinski definition) is 4. The normalized spacial score (nSPS) is 22.4. The Balaban J connectivity index is 0.00000180. The molecule has 1 aliphatic heterocycles. The number of amides is 1. The number of rotatable bonds is 3. The van der Waals surface area contributed by atoms with E-state index >= 15 is 0 Å². The minimum absolute atomic E-state index is 0. The molecule has 0 spiro atoms. The fourth-order valence-electron chi connectivity index (χ4n) is 1.77. The van der Waals surface area contributed by atoms with Crippen LogP contribution in [0.5, 0.6) is 5.88 Å². The number of halogens is 3. The summed E-state index contributed by atoms with van der Waals surface area (Å²) in [5.74, 6) is -0.566. The second-order valence-electron chi connectivity index (χ2n) is 4.04. The van der Waals surface area contributed by atoms with Crippen LogP contribution >= 0.6 is 28.3 Å². The topological polar surface area (TPSA) is 77.2 Å². The van der Waals surface area contributed by atoms with Crippen molar-refractivity contribution in [2.24, 2.45) is 5.73 Å². The minimum Gasteiger partial charge on any atom is -0.471 e. The van der Waals surface area contributed by atoms with Crippen molar-refractivity contribution in [3.63, 3.8) is 0 Å². The van der Waals surface area contributed by atoms with Gasteiger partial charge in [0.1, 0.15) is 17.8 Å². The third-order valence-corrected chi connectivity index (χ3v) is 3.13. The Morgan fingerprint density at radius 1 is 1.63 bits per heavy atom. The van der Waals surface area contributed by atoms with E-state index < -0.39 is 18.2 Å². The second kappa shape index (κ2) is 7.02. The maximum atomic E-state index is 13.6. The van der Waals surface area contributed by atoms with E-state index in [-0.39, 0.29) is 30.4 Å². The third-order valence-electron chi connectivity index (χ3n) is 2.69. The van der Waals surface area contributed by atoms with Gasteiger partial charge in [0.2, 0.25) is 5.88 Å². The zero-order chi connectivity index (χ0) is 13.1. The zero-order valence-electron chi connectivity index (χ0n) is 9.94. The summed E-state index contributed by atoms with van der Waals surface area (Å²) < 4.78 is 19.7. The molecule has 0 unspecified atom stereocenters. The number of aromatic nitrogens is 1. The first-order valence-electron chi connectivity index (χ1n) is 5.54. The Hall–Kier alpha value is -0.920. The highest BCUT2D eigenvalue weighted by atomic mass is 79.9. The lowest BCUT2D eigenvalue weighted by Gasteiger charge is -2.27. The largest absolute Gasteiger partial charge is 0.471 e. The van der Waals surface area contributed by atoms with Crippen LogP contribution in [0.4, 0.5) is 4.39 Å². The molecule has 1 aromatic heterocycles. The van der Waals surface area contributed by atoms with E-state index in [0.29, 0.717) is 17.4 Å². The van der Waals surface area contributed by atoms with E-state index in [0.717, 1.165) is 0 Å². The van der Waals surface area contributed by atoms with Crippen molar-refractivity contribution >= 4 is 34.2 Å². The molecule has 5 nitrogen and oxygen atoms in total. The van der Waals surface area contributed by atoms with E-state index in [1.54, 1.807) is 0 Å². The van der Waals surface area contributed by atoms with Gasteiger partial charge in [-0.1, -0.05) is 0 Å². The Labute approximate surface area is 124 Å². The maximum absolute atomic E-state index is 13.6. The van der Waals surface area contributed by atoms with Crippen LogP contribution in [0.15, 0.2) is 16.7 Å². The molecule has 1 aromatic rings. The summed E-state index contributed by atoms with van der Waals surface area (Å²) in [6.45, 7) is 0.917. The van der Waals surface area contributed by atoms with Gasteiger partial charge >= 0.3 is 0 Å². The lowest BCUT2D eigenvalue weighted by atomic mass is 10.1. The number of ether oxygens (including phenoxy) is 1. The number of carbonyl (C=O) groups excluding carboxylic acids is 1. The summed E-state index contributed by atoms with van der Waals surface area (Å²) in [5.41, 5.74) is 5.39. The summed E-state index contributed by atoms with van der Waals surface area (Å²) in [4.78, 5) is 15.2. The van der Waals surface area contributed by atoms with Crippen molar-refractivity contribution in [1.82, 2.24) is 10.3 Å². The van der Waals surface area contributed by atoms with Crippen LogP contribution < -0.4 is 15.8 Å². The summed E-state index contributed by atoms with van der Waals surface area (Å²) in [7, 11) is 0. The van der Waals surface area contributed by atoms with Gasteiger partial charge in [0.25, 0.3) is 5.91 Å². The van der Waals surface area contributed by atoms with Gasteiger partial charge in [-0.2, -0.15) is 0 Å². The van der Waals surface area contributed by atoms with Gasteiger partial charge < -0.3 is 15.8 Å². The highest BCUT2D eigenvalue weighted by Crippen LogP contribution is 2.23. The number of primary amides is 1. The first kappa shape index (κ1) is 16.1. The van der Waals surface area contributed by atoms with Crippen molar-refractivity contribution in [2.75, 3.05) is 13.1 Å². The number of nitrogens with one attached hydrogen (secondary N) is 1. The molecule has 106 valence electrons. The first-order valence-corrected chi connectivity index (χ1v) is 6.34. The van der Waals surface area contributed by atoms with Gasteiger partial charge in [-0.25, -0.2) is 9.37 Å². The number of nitrogens with two attached hydrogens (primary N) is 1. The Morgan fingerprint density at radius 2 is 2.37 bits per heavy atom. The fourth-order valence-corrected chi connectivity index (χ4v) is 2.10. The van der Waals surface area contributed by atoms with Gasteiger partial charge in [0, 0.05) is 17.2 Å². The maximum Gasteiger partial charge on any atom is 0.254 e. The molecule has 1 aliphatic rings. The molecule has 1 amide bonds. The molecule has 3 N–H and O–H groups in total. The first-order chi connectivity index (χ1) is 8.58. The van der Waals surface area contributed by atoms with E-state index in [4.69, 9.17) is 10.5 Å². The predicted octanol–water partition coefficient (Wildman–Crippen LogP) is 1.44. The number of alkyl halides is 1. The fraction of sp³-hybridized carbons (Fsp3) is 0.455. The second-order valence-corrected chi connectivity index (χ2v) is 4.95. The Kier molecular flexibility index (Phi) is 5.96. The average molecular weight is 355 g/mol. The van der Waals surface area contributed by atoms with Crippen LogP contribution in [0.1, 0.15) is 16.8 Å². The van der Waals surface area contributed by atoms with Gasteiger partial charge in [-0.15, -0.1) is 12.4 Å². The predicted molar refractivity (Wildman–Crippen MR) is 74.5 cm³/mol. The van der Waals surface area contributed by atoms with Crippen molar-refractivity contribution in [2.45, 2.75) is 18.7 Å². The summed E-state index contributed by atoms with van der Waals surface area (Å²) in [6.07, 6.45) is 0.288. The smallest absolute Gasteiger partial charge is 0.254 e. The van der Waals surface area contributed by atoms with Crippen LogP contribution in [0, 0.1) is 0 Å². The van der Waals surface area contributed by atoms with E-state index in [1.807, 2.05) is 0 Å². The molecular weight excluding hydrogens is 340 g/mol. The molecule has 2 atom stereocenters. The highest BCUT2D eigenvalue weighted by Gasteiger charge is 2.28. The molecule has 2 heterocycles. The molecular formula is C11H14BrClFN3O2. The molecule has 0 aliphatic carbocycles. The Morgan fingerprint density at radius 3 is 3.00 bits per heavy atom. The summed E-state index contributed by atoms with van der Waals surface area (Å²) in [6, 6.07) is 1.51. The standard InChI is InChI=1S/C11H13BrFN3O2.ClH/c12-6-3-7(10(14)17)11(16-4-6)18-9-1-2-15-5-8(9)13;/h3-4,8-9,15H,1-2,5H2,(H2,14,17);1H/t8-,9-;/m1./s1. The van der Waals surface area contributed by atoms with Gasteiger partial charge in [-0.3, -0.25) is 4.79 Å². The third kappa shape index (κ3) is 4.02. The molecule has 0 aromatic carbocycles. The number of piperidine rings is 1. The number of pyridine rings is 1. The average Bonchev–Trinajstić information content (AvgIpc) is 2.34. The molecule has 19 heavy (non-hydrogen) atoms. The molecule has 2 rings (SSSR count). The van der Waals surface area contributed by atoms with Crippen LogP contribution in [0.25, 0.3) is 0 Å². The van der Waals surface area contributed by atoms with Crippen molar-refractivity contribution in [1.29, 1.82) is 0 Å². The quantitative estimate of drug-likeness (QED) is 0.861. The van der Waals surface area contributed by atoms with E-state index in [1.165, 1.54) is 12.3 Å². The Bertz CT molecular complexity index is 464. The number of carbonyl (C=O) groups is 1. The molecule has 1 saturated heterocycles. The van der Waals surface area contributed by atoms with Gasteiger partial charge in [-0.05, 0) is 35.0 Å². The van der Waals surface area contributed by atoms with Crippen molar-refractivity contribution < 1.29 is 13.9 Å².